The van der Waals surface area contributed by atoms with E-state index in [0.717, 1.165) is 50.2 Å². The summed E-state index contributed by atoms with van der Waals surface area (Å²) in [7, 11) is 0. The van der Waals surface area contributed by atoms with Crippen LogP contribution in [-0.2, 0) is 6.54 Å². The van der Waals surface area contributed by atoms with Crippen LogP contribution in [0.1, 0.15) is 47.4 Å². The Morgan fingerprint density at radius 2 is 2.17 bits per heavy atom. The molecule has 2 aromatic rings. The van der Waals surface area contributed by atoms with Gasteiger partial charge in [-0.3, -0.25) is 4.79 Å². The number of hydrogen-bond donors (Lipinski definition) is 1. The van der Waals surface area contributed by atoms with E-state index in [1.54, 1.807) is 12.1 Å². The van der Waals surface area contributed by atoms with Gasteiger partial charge in [-0.25, -0.2) is 4.98 Å². The molecule has 0 saturated carbocycles. The molecule has 1 aliphatic rings. The fourth-order valence-electron chi connectivity index (χ4n) is 3.47. The maximum absolute atomic E-state index is 12.9. The highest BCUT2D eigenvalue weighted by Gasteiger charge is 2.28. The van der Waals surface area contributed by atoms with Crippen LogP contribution in [-0.4, -0.2) is 38.1 Å². The number of hydrogen-bond acceptors (Lipinski definition) is 3. The minimum atomic E-state index is -0.0560. The number of aromatic nitrogens is 2. The lowest BCUT2D eigenvalue weighted by Crippen LogP contribution is -2.44. The predicted octanol–water partition coefficient (Wildman–Crippen LogP) is 3.29. The number of phenols is 1. The molecule has 2 heterocycles. The number of likely N-dealkylation sites (tertiary alicyclic amines) is 1. The molecule has 1 atom stereocenters. The van der Waals surface area contributed by atoms with Crippen molar-refractivity contribution in [1.29, 1.82) is 0 Å². The summed E-state index contributed by atoms with van der Waals surface area (Å²) in [6.45, 7) is 5.53. The van der Waals surface area contributed by atoms with Gasteiger partial charge in [-0.15, -0.1) is 0 Å². The van der Waals surface area contributed by atoms with Gasteiger partial charge in [-0.1, -0.05) is 6.07 Å². The predicted molar refractivity (Wildman–Crippen MR) is 93.1 cm³/mol. The average Bonchev–Trinajstić information content (AvgIpc) is 2.98. The van der Waals surface area contributed by atoms with E-state index in [0.29, 0.717) is 5.56 Å². The van der Waals surface area contributed by atoms with Gasteiger partial charge in [0.15, 0.2) is 0 Å². The molecule has 1 N–H and O–H groups in total. The van der Waals surface area contributed by atoms with Gasteiger partial charge >= 0.3 is 0 Å². The number of phenolic OH excluding ortho intramolecular Hbond substituents is 1. The summed E-state index contributed by atoms with van der Waals surface area (Å²) in [5, 5.41) is 10.1. The van der Waals surface area contributed by atoms with E-state index in [2.05, 4.69) is 9.55 Å². The second kappa shape index (κ2) is 7.07. The van der Waals surface area contributed by atoms with Crippen LogP contribution in [0.25, 0.3) is 0 Å². The van der Waals surface area contributed by atoms with Crippen molar-refractivity contribution in [3.8, 4) is 5.75 Å². The van der Waals surface area contributed by atoms with Crippen molar-refractivity contribution < 1.29 is 9.90 Å². The SMILES string of the molecule is Cc1ccc(C(=O)N2CCCC[C@H]2CCn2ccnc2C)c(O)c1. The van der Waals surface area contributed by atoms with Crippen molar-refractivity contribution in [1.82, 2.24) is 14.5 Å². The second-order valence-corrected chi connectivity index (χ2v) is 6.63. The zero-order chi connectivity index (χ0) is 17.1. The number of rotatable bonds is 4. The normalized spacial score (nSPS) is 17.9. The number of imidazole rings is 1. The van der Waals surface area contributed by atoms with Gasteiger partial charge < -0.3 is 14.6 Å². The molecule has 0 spiro atoms. The molecule has 5 nitrogen and oxygen atoms in total. The van der Waals surface area contributed by atoms with E-state index >= 15 is 0 Å². The van der Waals surface area contributed by atoms with Crippen molar-refractivity contribution >= 4 is 5.91 Å². The summed E-state index contributed by atoms with van der Waals surface area (Å²) in [5.41, 5.74) is 1.36. The first-order valence-electron chi connectivity index (χ1n) is 8.64. The van der Waals surface area contributed by atoms with Crippen LogP contribution in [0.4, 0.5) is 0 Å². The maximum atomic E-state index is 12.9. The molecule has 0 unspecified atom stereocenters. The molecule has 1 aromatic carbocycles. The number of benzene rings is 1. The Bertz CT molecular complexity index is 723. The second-order valence-electron chi connectivity index (χ2n) is 6.63. The van der Waals surface area contributed by atoms with Crippen molar-refractivity contribution in [3.05, 3.63) is 47.5 Å². The standard InChI is InChI=1S/C19H25N3O2/c1-14-6-7-17(18(23)13-14)19(24)22-10-4-3-5-16(22)8-11-21-12-9-20-15(21)2/h6-7,9,12-13,16,23H,3-5,8,10-11H2,1-2H3/t16-/m0/s1. The summed E-state index contributed by atoms with van der Waals surface area (Å²) < 4.78 is 2.13. The lowest BCUT2D eigenvalue weighted by molar-refractivity contribution is 0.0592. The van der Waals surface area contributed by atoms with Crippen LogP contribution in [0.3, 0.4) is 0 Å². The van der Waals surface area contributed by atoms with E-state index < -0.39 is 0 Å². The lowest BCUT2D eigenvalue weighted by Gasteiger charge is -2.36. The van der Waals surface area contributed by atoms with Gasteiger partial charge in [-0.2, -0.15) is 0 Å². The summed E-state index contributed by atoms with van der Waals surface area (Å²) in [6.07, 6.45) is 7.90. The molecule has 1 amide bonds. The van der Waals surface area contributed by atoms with E-state index in [-0.39, 0.29) is 17.7 Å². The highest BCUT2D eigenvalue weighted by atomic mass is 16.3. The largest absolute Gasteiger partial charge is 0.507 e. The number of aryl methyl sites for hydroxylation is 3. The van der Waals surface area contributed by atoms with E-state index in [1.807, 2.05) is 37.2 Å². The van der Waals surface area contributed by atoms with E-state index in [1.165, 1.54) is 0 Å². The minimum absolute atomic E-state index is 0.0560. The molecule has 5 heteroatoms. The average molecular weight is 327 g/mol. The third-order valence-electron chi connectivity index (χ3n) is 4.90. The summed E-state index contributed by atoms with van der Waals surface area (Å²) >= 11 is 0. The molecular weight excluding hydrogens is 302 g/mol. The molecule has 128 valence electrons. The first kappa shape index (κ1) is 16.6. The Balaban J connectivity index is 1.74. The number of carbonyl (C=O) groups is 1. The van der Waals surface area contributed by atoms with Crippen LogP contribution in [0.15, 0.2) is 30.6 Å². The Labute approximate surface area is 142 Å². The van der Waals surface area contributed by atoms with Crippen molar-refractivity contribution in [3.63, 3.8) is 0 Å². The van der Waals surface area contributed by atoms with Crippen LogP contribution < -0.4 is 0 Å². The Hall–Kier alpha value is -2.30. The lowest BCUT2D eigenvalue weighted by atomic mass is 9.97. The minimum Gasteiger partial charge on any atom is -0.507 e. The molecule has 24 heavy (non-hydrogen) atoms. The van der Waals surface area contributed by atoms with Crippen LogP contribution in [0.5, 0.6) is 5.75 Å². The first-order valence-corrected chi connectivity index (χ1v) is 8.64. The third-order valence-corrected chi connectivity index (χ3v) is 4.90. The molecule has 0 aliphatic carbocycles. The van der Waals surface area contributed by atoms with Crippen LogP contribution >= 0.6 is 0 Å². The number of amides is 1. The fourth-order valence-corrected chi connectivity index (χ4v) is 3.47. The molecule has 1 aromatic heterocycles. The molecule has 3 rings (SSSR count). The van der Waals surface area contributed by atoms with Gasteiger partial charge in [-0.05, 0) is 57.2 Å². The van der Waals surface area contributed by atoms with E-state index in [4.69, 9.17) is 0 Å². The Morgan fingerprint density at radius 1 is 1.33 bits per heavy atom. The Morgan fingerprint density at radius 3 is 2.88 bits per heavy atom. The van der Waals surface area contributed by atoms with Crippen molar-refractivity contribution in [2.24, 2.45) is 0 Å². The van der Waals surface area contributed by atoms with Crippen LogP contribution in [0, 0.1) is 13.8 Å². The quantitative estimate of drug-likeness (QED) is 0.937. The van der Waals surface area contributed by atoms with Gasteiger partial charge in [0.25, 0.3) is 5.91 Å². The number of nitrogens with zero attached hydrogens (tertiary/aromatic N) is 3. The molecule has 1 aliphatic heterocycles. The summed E-state index contributed by atoms with van der Waals surface area (Å²) in [6, 6.07) is 5.48. The van der Waals surface area contributed by atoms with Gasteiger partial charge in [0.1, 0.15) is 11.6 Å². The zero-order valence-corrected chi connectivity index (χ0v) is 14.4. The van der Waals surface area contributed by atoms with Crippen molar-refractivity contribution in [2.45, 2.75) is 52.1 Å². The summed E-state index contributed by atoms with van der Waals surface area (Å²) in [4.78, 5) is 19.1. The highest BCUT2D eigenvalue weighted by Crippen LogP contribution is 2.26. The van der Waals surface area contributed by atoms with Gasteiger partial charge in [0.05, 0.1) is 5.56 Å². The van der Waals surface area contributed by atoms with E-state index in [9.17, 15) is 9.90 Å². The molecule has 0 bridgehead atoms. The third kappa shape index (κ3) is 3.45. The molecule has 1 saturated heterocycles. The van der Waals surface area contributed by atoms with Crippen molar-refractivity contribution in [2.75, 3.05) is 6.54 Å². The number of aromatic hydroxyl groups is 1. The number of carbonyl (C=O) groups excluding carboxylic acids is 1. The van der Waals surface area contributed by atoms with Gasteiger partial charge in [0.2, 0.25) is 0 Å². The molecule has 1 fully saturated rings. The van der Waals surface area contributed by atoms with Crippen LogP contribution in [0.2, 0.25) is 0 Å². The topological polar surface area (TPSA) is 58.4 Å². The number of piperidine rings is 1. The fraction of sp³-hybridized carbons (Fsp3) is 0.474. The molecule has 0 radical (unpaired) electrons. The smallest absolute Gasteiger partial charge is 0.257 e. The zero-order valence-electron chi connectivity index (χ0n) is 14.4. The first-order chi connectivity index (χ1) is 11.6. The van der Waals surface area contributed by atoms with Gasteiger partial charge in [0, 0.05) is 31.5 Å². The Kier molecular flexibility index (Phi) is 4.88. The molecular formula is C19H25N3O2. The maximum Gasteiger partial charge on any atom is 0.257 e. The monoisotopic (exact) mass is 327 g/mol. The highest BCUT2D eigenvalue weighted by molar-refractivity contribution is 5.97. The summed E-state index contributed by atoms with van der Waals surface area (Å²) in [5.74, 6) is 1.02.